The molecule has 0 saturated carbocycles. The average molecular weight is 337 g/mol. The maximum absolute atomic E-state index is 12.3. The molecule has 2 rings (SSSR count). The molecule has 0 aliphatic heterocycles. The fraction of sp³-hybridized carbons (Fsp3) is 0.400. The lowest BCUT2D eigenvalue weighted by Crippen LogP contribution is -2.15. The maximum Gasteiger partial charge on any atom is 0.306 e. The molecule has 0 fully saturated rings. The number of nitro groups is 1. The molecule has 0 aliphatic carbocycles. The summed E-state index contributed by atoms with van der Waals surface area (Å²) < 4.78 is 25.9. The minimum atomic E-state index is -3.46. The van der Waals surface area contributed by atoms with Crippen LogP contribution in [-0.4, -0.2) is 28.9 Å². The van der Waals surface area contributed by atoms with E-state index in [1.807, 2.05) is 12.1 Å². The zero-order valence-electron chi connectivity index (χ0n) is 13.3. The second-order valence-corrected chi connectivity index (χ2v) is 8.42. The Hall–Kier alpha value is -2.22. The molecule has 0 atom stereocenters. The monoisotopic (exact) mass is 337 g/mol. The van der Waals surface area contributed by atoms with E-state index in [9.17, 15) is 18.5 Å². The number of hydrogen-bond donors (Lipinski definition) is 0. The molecule has 1 aromatic heterocycles. The third-order valence-electron chi connectivity index (χ3n) is 3.50. The quantitative estimate of drug-likeness (QED) is 0.617. The molecule has 7 nitrogen and oxygen atoms in total. The van der Waals surface area contributed by atoms with Crippen LogP contribution in [0.4, 0.5) is 5.69 Å². The summed E-state index contributed by atoms with van der Waals surface area (Å²) in [4.78, 5) is 10.3. The van der Waals surface area contributed by atoms with Gasteiger partial charge in [-0.2, -0.15) is 5.10 Å². The van der Waals surface area contributed by atoms with Crippen molar-refractivity contribution in [2.75, 3.05) is 5.75 Å². The third-order valence-corrected chi connectivity index (χ3v) is 5.21. The summed E-state index contributed by atoms with van der Waals surface area (Å²) in [5, 5.41) is 14.4. The molecule has 0 bridgehead atoms. The summed E-state index contributed by atoms with van der Waals surface area (Å²) in [6, 6.07) is 6.82. The minimum absolute atomic E-state index is 0.0453. The molecule has 0 unspecified atom stereocenters. The Kier molecular flexibility index (Phi) is 4.56. The highest BCUT2D eigenvalue weighted by atomic mass is 32.2. The minimum Gasteiger partial charge on any atom is -0.265 e. The first-order valence-corrected chi connectivity index (χ1v) is 8.75. The zero-order chi connectivity index (χ0) is 17.3. The summed E-state index contributed by atoms with van der Waals surface area (Å²) in [6.07, 6.45) is 2.32. The molecule has 8 heteroatoms. The van der Waals surface area contributed by atoms with Gasteiger partial charge < -0.3 is 0 Å². The second-order valence-electron chi connectivity index (χ2n) is 6.31. The lowest BCUT2D eigenvalue weighted by Gasteiger charge is -2.19. The summed E-state index contributed by atoms with van der Waals surface area (Å²) in [5.41, 5.74) is 0.854. The number of rotatable bonds is 5. The average Bonchev–Trinajstić information content (AvgIpc) is 2.94. The van der Waals surface area contributed by atoms with Crippen molar-refractivity contribution < 1.29 is 13.3 Å². The first-order valence-electron chi connectivity index (χ1n) is 7.10. The van der Waals surface area contributed by atoms with Gasteiger partial charge in [-0.15, -0.1) is 0 Å². The van der Waals surface area contributed by atoms with Crippen molar-refractivity contribution in [2.45, 2.75) is 37.6 Å². The van der Waals surface area contributed by atoms with Crippen LogP contribution in [0.15, 0.2) is 41.6 Å². The summed E-state index contributed by atoms with van der Waals surface area (Å²) in [6.45, 7) is 6.24. The predicted molar refractivity (Wildman–Crippen MR) is 86.1 cm³/mol. The fourth-order valence-corrected chi connectivity index (χ4v) is 3.28. The Morgan fingerprint density at radius 1 is 1.22 bits per heavy atom. The Labute approximate surface area is 135 Å². The predicted octanol–water partition coefficient (Wildman–Crippen LogP) is 2.56. The topological polar surface area (TPSA) is 95.1 Å². The SMILES string of the molecule is CC(C)(C)c1ccc(S(=O)(=O)CCn2cc([N+](=O)[O-])cn2)cc1. The number of aryl methyl sites for hydroxylation is 1. The van der Waals surface area contributed by atoms with E-state index in [1.54, 1.807) is 12.1 Å². The molecular weight excluding hydrogens is 318 g/mol. The molecule has 0 spiro atoms. The van der Waals surface area contributed by atoms with Crippen LogP contribution in [0.1, 0.15) is 26.3 Å². The van der Waals surface area contributed by atoms with Crippen molar-refractivity contribution in [1.29, 1.82) is 0 Å². The highest BCUT2D eigenvalue weighted by molar-refractivity contribution is 7.91. The van der Waals surface area contributed by atoms with E-state index in [0.717, 1.165) is 11.8 Å². The molecule has 0 radical (unpaired) electrons. The van der Waals surface area contributed by atoms with Crippen LogP contribution >= 0.6 is 0 Å². The van der Waals surface area contributed by atoms with Crippen molar-refractivity contribution in [3.8, 4) is 0 Å². The van der Waals surface area contributed by atoms with Crippen LogP contribution in [0.25, 0.3) is 0 Å². The summed E-state index contributed by atoms with van der Waals surface area (Å²) in [7, 11) is -3.46. The zero-order valence-corrected chi connectivity index (χ0v) is 14.1. The third kappa shape index (κ3) is 4.16. The van der Waals surface area contributed by atoms with E-state index >= 15 is 0 Å². The Morgan fingerprint density at radius 2 is 1.83 bits per heavy atom. The normalized spacial score (nSPS) is 12.3. The van der Waals surface area contributed by atoms with E-state index in [-0.39, 0.29) is 28.3 Å². The van der Waals surface area contributed by atoms with Gasteiger partial charge in [0.05, 0.1) is 22.1 Å². The molecule has 0 N–H and O–H groups in total. The number of nitrogens with zero attached hydrogens (tertiary/aromatic N) is 3. The van der Waals surface area contributed by atoms with Gasteiger partial charge in [0, 0.05) is 0 Å². The second kappa shape index (κ2) is 6.11. The number of hydrogen-bond acceptors (Lipinski definition) is 5. The van der Waals surface area contributed by atoms with Crippen LogP contribution in [0, 0.1) is 10.1 Å². The van der Waals surface area contributed by atoms with Crippen molar-refractivity contribution in [3.63, 3.8) is 0 Å². The number of sulfone groups is 1. The van der Waals surface area contributed by atoms with Crippen molar-refractivity contribution >= 4 is 15.5 Å². The Morgan fingerprint density at radius 3 is 2.30 bits per heavy atom. The molecule has 1 aromatic carbocycles. The van der Waals surface area contributed by atoms with Crippen LogP contribution < -0.4 is 0 Å². The van der Waals surface area contributed by atoms with Gasteiger partial charge in [-0.25, -0.2) is 8.42 Å². The van der Waals surface area contributed by atoms with Gasteiger partial charge in [0.25, 0.3) is 0 Å². The standard InChI is InChI=1S/C15H19N3O4S/c1-15(2,3)12-4-6-14(7-5-12)23(21,22)9-8-17-11-13(10-16-17)18(19)20/h4-7,10-11H,8-9H2,1-3H3. The fourth-order valence-electron chi connectivity index (χ4n) is 2.06. The highest BCUT2D eigenvalue weighted by Gasteiger charge is 2.18. The maximum atomic E-state index is 12.3. The van der Waals surface area contributed by atoms with E-state index in [4.69, 9.17) is 0 Å². The van der Waals surface area contributed by atoms with Gasteiger partial charge in [0.1, 0.15) is 12.4 Å². The van der Waals surface area contributed by atoms with E-state index in [2.05, 4.69) is 25.9 Å². The first kappa shape index (κ1) is 17.1. The van der Waals surface area contributed by atoms with Crippen LogP contribution in [0.5, 0.6) is 0 Å². The molecule has 0 aliphatic rings. The molecule has 0 saturated heterocycles. The lowest BCUT2D eigenvalue weighted by molar-refractivity contribution is -0.385. The van der Waals surface area contributed by atoms with Crippen LogP contribution in [0.3, 0.4) is 0 Å². The van der Waals surface area contributed by atoms with Gasteiger partial charge in [-0.05, 0) is 23.1 Å². The van der Waals surface area contributed by atoms with Gasteiger partial charge in [-0.3, -0.25) is 14.8 Å². The number of benzene rings is 1. The lowest BCUT2D eigenvalue weighted by atomic mass is 9.87. The molecule has 23 heavy (non-hydrogen) atoms. The summed E-state index contributed by atoms with van der Waals surface area (Å²) in [5.74, 6) is -0.166. The van der Waals surface area contributed by atoms with E-state index in [0.29, 0.717) is 0 Å². The first-order chi connectivity index (χ1) is 10.6. The van der Waals surface area contributed by atoms with Crippen molar-refractivity contribution in [2.24, 2.45) is 0 Å². The molecule has 2 aromatic rings. The highest BCUT2D eigenvalue weighted by Crippen LogP contribution is 2.23. The van der Waals surface area contributed by atoms with Gasteiger partial charge in [0.15, 0.2) is 9.84 Å². The van der Waals surface area contributed by atoms with E-state index < -0.39 is 14.8 Å². The largest absolute Gasteiger partial charge is 0.306 e. The Balaban J connectivity index is 2.10. The van der Waals surface area contributed by atoms with Crippen molar-refractivity contribution in [3.05, 3.63) is 52.3 Å². The smallest absolute Gasteiger partial charge is 0.265 e. The van der Waals surface area contributed by atoms with E-state index in [1.165, 1.54) is 10.9 Å². The van der Waals surface area contributed by atoms with Crippen LogP contribution in [0.2, 0.25) is 0 Å². The van der Waals surface area contributed by atoms with Crippen LogP contribution in [-0.2, 0) is 21.8 Å². The van der Waals surface area contributed by atoms with Gasteiger partial charge >= 0.3 is 5.69 Å². The molecule has 124 valence electrons. The molecule has 1 heterocycles. The van der Waals surface area contributed by atoms with Crippen molar-refractivity contribution in [1.82, 2.24) is 9.78 Å². The molecular formula is C15H19N3O4S. The Bertz CT molecular complexity index is 802. The van der Waals surface area contributed by atoms with Gasteiger partial charge in [-0.1, -0.05) is 32.9 Å². The van der Waals surface area contributed by atoms with Gasteiger partial charge in [0.2, 0.25) is 0 Å². The molecule has 0 amide bonds. The summed E-state index contributed by atoms with van der Waals surface area (Å²) >= 11 is 0. The number of aromatic nitrogens is 2.